The molecule has 0 unspecified atom stereocenters. The highest BCUT2D eigenvalue weighted by Crippen LogP contribution is 2.34. The normalized spacial score (nSPS) is 15.2. The fraction of sp³-hybridized carbons (Fsp3) is 0.522. The number of hydrogen-bond donors (Lipinski definition) is 2. The first-order valence-electron chi connectivity index (χ1n) is 11.1. The molecule has 0 spiro atoms. The van der Waals surface area contributed by atoms with Crippen molar-refractivity contribution in [2.45, 2.75) is 63.8 Å². The van der Waals surface area contributed by atoms with Gasteiger partial charge in [-0.2, -0.15) is 4.98 Å². The van der Waals surface area contributed by atoms with E-state index in [1.54, 1.807) is 24.3 Å². The van der Waals surface area contributed by atoms with Crippen LogP contribution >= 0.6 is 0 Å². The van der Waals surface area contributed by atoms with Crippen molar-refractivity contribution in [2.75, 3.05) is 19.0 Å². The Morgan fingerprint density at radius 2 is 1.79 bits per heavy atom. The maximum atomic E-state index is 12.3. The zero-order chi connectivity index (χ0) is 23.7. The van der Waals surface area contributed by atoms with Crippen molar-refractivity contribution in [2.24, 2.45) is 0 Å². The van der Waals surface area contributed by atoms with E-state index < -0.39 is 11.5 Å². The first kappa shape index (κ1) is 24.2. The van der Waals surface area contributed by atoms with E-state index >= 15 is 0 Å². The van der Waals surface area contributed by atoms with Crippen molar-refractivity contribution < 1.29 is 28.4 Å². The number of carbonyl (C=O) groups excluding carboxylic acids is 3. The van der Waals surface area contributed by atoms with E-state index in [0.29, 0.717) is 23.2 Å². The highest BCUT2D eigenvalue weighted by Gasteiger charge is 2.38. The summed E-state index contributed by atoms with van der Waals surface area (Å²) in [6.45, 7) is 1.31. The van der Waals surface area contributed by atoms with Crippen LogP contribution in [0.25, 0.3) is 0 Å². The molecule has 1 aromatic carbocycles. The lowest BCUT2D eigenvalue weighted by molar-refractivity contribution is -0.142. The van der Waals surface area contributed by atoms with Gasteiger partial charge >= 0.3 is 5.97 Å². The average Bonchev–Trinajstić information content (AvgIpc) is 3.16. The smallest absolute Gasteiger partial charge is 0.343 e. The third-order valence-corrected chi connectivity index (χ3v) is 5.56. The van der Waals surface area contributed by atoms with E-state index in [1.165, 1.54) is 14.0 Å². The molecule has 0 atom stereocenters. The molecule has 0 aliphatic heterocycles. The predicted molar refractivity (Wildman–Crippen MR) is 118 cm³/mol. The maximum absolute atomic E-state index is 12.3. The number of carbonyl (C=O) groups is 3. The molecular weight excluding hydrogens is 428 g/mol. The molecule has 1 aromatic heterocycles. The fourth-order valence-electron chi connectivity index (χ4n) is 3.90. The topological polar surface area (TPSA) is 133 Å². The number of ether oxygens (including phenoxy) is 2. The molecule has 1 aliphatic rings. The van der Waals surface area contributed by atoms with Crippen molar-refractivity contribution >= 4 is 23.5 Å². The van der Waals surface area contributed by atoms with Gasteiger partial charge in [-0.15, -0.1) is 0 Å². The van der Waals surface area contributed by atoms with Crippen molar-refractivity contribution in [1.29, 1.82) is 0 Å². The van der Waals surface area contributed by atoms with E-state index in [-0.39, 0.29) is 31.3 Å². The second-order valence-corrected chi connectivity index (χ2v) is 8.13. The molecule has 1 fully saturated rings. The van der Waals surface area contributed by atoms with Crippen LogP contribution < -0.4 is 15.4 Å². The third-order valence-electron chi connectivity index (χ3n) is 5.56. The molecule has 2 amide bonds. The second-order valence-electron chi connectivity index (χ2n) is 8.13. The molecule has 33 heavy (non-hydrogen) atoms. The van der Waals surface area contributed by atoms with Crippen LogP contribution in [0.2, 0.25) is 0 Å². The van der Waals surface area contributed by atoms with Gasteiger partial charge in [-0.05, 0) is 37.1 Å². The van der Waals surface area contributed by atoms with Crippen LogP contribution in [-0.2, 0) is 31.1 Å². The van der Waals surface area contributed by atoms with Crippen molar-refractivity contribution in [3.63, 3.8) is 0 Å². The van der Waals surface area contributed by atoms with Gasteiger partial charge in [0.25, 0.3) is 0 Å². The second kappa shape index (κ2) is 11.4. The molecule has 178 valence electrons. The van der Waals surface area contributed by atoms with Gasteiger partial charge in [0.1, 0.15) is 11.3 Å². The van der Waals surface area contributed by atoms with Gasteiger partial charge in [-0.3, -0.25) is 9.59 Å². The number of anilines is 1. The molecule has 0 saturated heterocycles. The molecule has 10 nitrogen and oxygen atoms in total. The van der Waals surface area contributed by atoms with Crippen LogP contribution in [0.1, 0.15) is 63.6 Å². The molecule has 2 N–H and O–H groups in total. The lowest BCUT2D eigenvalue weighted by atomic mass is 9.89. The highest BCUT2D eigenvalue weighted by molar-refractivity contribution is 5.90. The van der Waals surface area contributed by atoms with Crippen LogP contribution in [0, 0.1) is 0 Å². The molecule has 0 bridgehead atoms. The molecule has 2 aromatic rings. The van der Waals surface area contributed by atoms with E-state index in [4.69, 9.17) is 9.26 Å². The fourth-order valence-corrected chi connectivity index (χ4v) is 3.90. The van der Waals surface area contributed by atoms with Crippen LogP contribution in [0.3, 0.4) is 0 Å². The number of hydrogen-bond acceptors (Lipinski definition) is 8. The molecule has 1 heterocycles. The zero-order valence-corrected chi connectivity index (χ0v) is 19.0. The number of esters is 1. The van der Waals surface area contributed by atoms with Gasteiger partial charge in [0, 0.05) is 25.5 Å². The van der Waals surface area contributed by atoms with Gasteiger partial charge in [0.2, 0.25) is 17.7 Å². The first-order chi connectivity index (χ1) is 15.9. The third kappa shape index (κ3) is 7.03. The molecule has 1 saturated carbocycles. The molecular formula is C23H30N4O6. The van der Waals surface area contributed by atoms with Crippen molar-refractivity contribution in [1.82, 2.24) is 15.5 Å². The van der Waals surface area contributed by atoms with Crippen LogP contribution in [0.5, 0.6) is 5.75 Å². The number of aromatic nitrogens is 2. The summed E-state index contributed by atoms with van der Waals surface area (Å²) in [5.74, 6) is 0.536. The minimum atomic E-state index is -0.607. The van der Waals surface area contributed by atoms with Crippen molar-refractivity contribution in [3.05, 3.63) is 36.0 Å². The quantitative estimate of drug-likeness (QED) is 0.433. The molecule has 3 rings (SSSR count). The maximum Gasteiger partial charge on any atom is 0.343 e. The summed E-state index contributed by atoms with van der Waals surface area (Å²) in [5.41, 5.74) is -0.0102. The van der Waals surface area contributed by atoms with Crippen molar-refractivity contribution in [3.8, 4) is 5.75 Å². The minimum absolute atomic E-state index is 0.121. The number of amides is 2. The largest absolute Gasteiger partial charge is 0.482 e. The summed E-state index contributed by atoms with van der Waals surface area (Å²) in [7, 11) is 1.29. The Kier molecular flexibility index (Phi) is 8.39. The first-order valence-corrected chi connectivity index (χ1v) is 11.1. The number of benzene rings is 1. The number of methoxy groups -OCH3 is 1. The monoisotopic (exact) mass is 458 g/mol. The summed E-state index contributed by atoms with van der Waals surface area (Å²) < 4.78 is 15.2. The van der Waals surface area contributed by atoms with E-state index in [0.717, 1.165) is 38.5 Å². The summed E-state index contributed by atoms with van der Waals surface area (Å²) in [5, 5.41) is 9.98. The van der Waals surface area contributed by atoms with Gasteiger partial charge in [0.05, 0.1) is 7.11 Å². The summed E-state index contributed by atoms with van der Waals surface area (Å²) in [6.07, 6.45) is 6.19. The Hall–Kier alpha value is -3.43. The average molecular weight is 459 g/mol. The standard InChI is InChI=1S/C23H30N4O6/c1-16(28)26-23(13-5-3-4-6-14-23)22-25-20(33-27-22)12-11-19(29)24-17-7-9-18(10-8-17)32-15-21(30)31-2/h7-10H,3-6,11-15H2,1-2H3,(H,24,29)(H,26,28). The Bertz CT molecular complexity index is 948. The Morgan fingerprint density at radius 3 is 2.42 bits per heavy atom. The Labute approximate surface area is 192 Å². The number of aryl methyl sites for hydroxylation is 1. The summed E-state index contributed by atoms with van der Waals surface area (Å²) >= 11 is 0. The number of nitrogens with zero attached hydrogens (tertiary/aromatic N) is 2. The lowest BCUT2D eigenvalue weighted by Gasteiger charge is -2.30. The van der Waals surface area contributed by atoms with Gasteiger partial charge in [-0.25, -0.2) is 4.79 Å². The van der Waals surface area contributed by atoms with Gasteiger partial charge in [0.15, 0.2) is 12.4 Å². The molecule has 10 heteroatoms. The molecule has 1 aliphatic carbocycles. The molecule has 0 radical (unpaired) electrons. The van der Waals surface area contributed by atoms with Gasteiger partial charge in [-0.1, -0.05) is 30.8 Å². The Balaban J connectivity index is 1.53. The highest BCUT2D eigenvalue weighted by atomic mass is 16.6. The Morgan fingerprint density at radius 1 is 1.09 bits per heavy atom. The van der Waals surface area contributed by atoms with Crippen LogP contribution in [0.4, 0.5) is 5.69 Å². The van der Waals surface area contributed by atoms with Gasteiger partial charge < -0.3 is 24.6 Å². The minimum Gasteiger partial charge on any atom is -0.482 e. The number of nitrogens with one attached hydrogen (secondary N) is 2. The summed E-state index contributed by atoms with van der Waals surface area (Å²) in [4.78, 5) is 39.8. The van der Waals surface area contributed by atoms with Crippen LogP contribution in [-0.4, -0.2) is 41.6 Å². The SMILES string of the molecule is COC(=O)COc1ccc(NC(=O)CCc2nc(C3(NC(C)=O)CCCCCC3)no2)cc1. The number of rotatable bonds is 9. The predicted octanol–water partition coefficient (Wildman–Crippen LogP) is 2.88. The lowest BCUT2D eigenvalue weighted by Crippen LogP contribution is -2.45. The summed E-state index contributed by atoms with van der Waals surface area (Å²) in [6, 6.07) is 6.66. The van der Waals surface area contributed by atoms with E-state index in [1.807, 2.05) is 0 Å². The zero-order valence-electron chi connectivity index (χ0n) is 19.0. The van der Waals surface area contributed by atoms with E-state index in [2.05, 4.69) is 25.5 Å². The van der Waals surface area contributed by atoms with Crippen LogP contribution in [0.15, 0.2) is 28.8 Å². The van der Waals surface area contributed by atoms with E-state index in [9.17, 15) is 14.4 Å².